The lowest BCUT2D eigenvalue weighted by atomic mass is 10.1. The van der Waals surface area contributed by atoms with E-state index in [0.717, 1.165) is 0 Å². The molecule has 1 saturated heterocycles. The van der Waals surface area contributed by atoms with E-state index >= 15 is 0 Å². The summed E-state index contributed by atoms with van der Waals surface area (Å²) in [5.41, 5.74) is -0.338. The Kier molecular flexibility index (Phi) is 2.68. The van der Waals surface area contributed by atoms with Crippen molar-refractivity contribution in [2.75, 3.05) is 13.1 Å². The molecule has 1 aliphatic heterocycles. The Hall–Kier alpha value is -1.42. The molecule has 1 amide bonds. The van der Waals surface area contributed by atoms with Crippen LogP contribution in [0.2, 0.25) is 0 Å². The highest BCUT2D eigenvalue weighted by Crippen LogP contribution is 2.22. The van der Waals surface area contributed by atoms with Crippen LogP contribution in [0.1, 0.15) is 23.7 Å². The topological polar surface area (TPSA) is 40.5 Å². The van der Waals surface area contributed by atoms with Crippen LogP contribution in [0.15, 0.2) is 24.3 Å². The van der Waals surface area contributed by atoms with Gasteiger partial charge in [-0.1, -0.05) is 0 Å². The third-order valence-corrected chi connectivity index (χ3v) is 2.83. The van der Waals surface area contributed by atoms with Crippen LogP contribution in [-0.4, -0.2) is 34.6 Å². The van der Waals surface area contributed by atoms with Gasteiger partial charge in [-0.05, 0) is 37.6 Å². The molecule has 16 heavy (non-hydrogen) atoms. The van der Waals surface area contributed by atoms with Crippen molar-refractivity contribution < 1.29 is 14.3 Å². The molecule has 0 saturated carbocycles. The van der Waals surface area contributed by atoms with Crippen LogP contribution in [0.5, 0.6) is 0 Å². The maximum absolute atomic E-state index is 12.7. The zero-order chi connectivity index (χ0) is 11.8. The number of likely N-dealkylation sites (tertiary alicyclic amines) is 1. The van der Waals surface area contributed by atoms with E-state index < -0.39 is 5.60 Å². The first-order valence-corrected chi connectivity index (χ1v) is 5.25. The summed E-state index contributed by atoms with van der Waals surface area (Å²) in [6.45, 7) is 2.59. The van der Waals surface area contributed by atoms with Gasteiger partial charge >= 0.3 is 0 Å². The summed E-state index contributed by atoms with van der Waals surface area (Å²) < 4.78 is 12.7. The van der Waals surface area contributed by atoms with Gasteiger partial charge in [-0.15, -0.1) is 0 Å². The van der Waals surface area contributed by atoms with Crippen molar-refractivity contribution in [1.29, 1.82) is 0 Å². The van der Waals surface area contributed by atoms with Crippen LogP contribution < -0.4 is 0 Å². The standard InChI is InChI=1S/C12H14FNO2/c1-12(16)6-7-14(8-12)11(15)9-2-4-10(13)5-3-9/h2-5,16H,6-8H2,1H3. The maximum Gasteiger partial charge on any atom is 0.253 e. The lowest BCUT2D eigenvalue weighted by molar-refractivity contribution is 0.0572. The molecule has 1 atom stereocenters. The summed E-state index contributed by atoms with van der Waals surface area (Å²) in [4.78, 5) is 13.5. The summed E-state index contributed by atoms with van der Waals surface area (Å²) in [6, 6.07) is 5.46. The number of hydrogen-bond donors (Lipinski definition) is 1. The quantitative estimate of drug-likeness (QED) is 0.782. The lowest BCUT2D eigenvalue weighted by Crippen LogP contribution is -2.33. The van der Waals surface area contributed by atoms with Gasteiger partial charge in [0.15, 0.2) is 0 Å². The van der Waals surface area contributed by atoms with Crippen molar-refractivity contribution in [2.24, 2.45) is 0 Å². The minimum atomic E-state index is -0.796. The summed E-state index contributed by atoms with van der Waals surface area (Å²) >= 11 is 0. The monoisotopic (exact) mass is 223 g/mol. The van der Waals surface area contributed by atoms with Gasteiger partial charge < -0.3 is 10.0 Å². The van der Waals surface area contributed by atoms with Gasteiger partial charge in [0, 0.05) is 18.7 Å². The molecule has 0 bridgehead atoms. The van der Waals surface area contributed by atoms with Gasteiger partial charge in [0.2, 0.25) is 0 Å². The molecule has 3 nitrogen and oxygen atoms in total. The Morgan fingerprint density at radius 2 is 2.06 bits per heavy atom. The highest BCUT2D eigenvalue weighted by molar-refractivity contribution is 5.94. The van der Waals surface area contributed by atoms with Crippen LogP contribution in [-0.2, 0) is 0 Å². The normalized spacial score (nSPS) is 24.8. The van der Waals surface area contributed by atoms with Crippen LogP contribution in [0.3, 0.4) is 0 Å². The molecule has 0 radical (unpaired) electrons. The second-order valence-electron chi connectivity index (χ2n) is 4.48. The smallest absolute Gasteiger partial charge is 0.253 e. The average Bonchev–Trinajstić information content (AvgIpc) is 2.59. The van der Waals surface area contributed by atoms with Crippen LogP contribution in [0.25, 0.3) is 0 Å². The van der Waals surface area contributed by atoms with Gasteiger partial charge in [0.05, 0.1) is 5.60 Å². The SMILES string of the molecule is CC1(O)CCN(C(=O)c2ccc(F)cc2)C1. The van der Waals surface area contributed by atoms with Crippen molar-refractivity contribution in [3.63, 3.8) is 0 Å². The minimum absolute atomic E-state index is 0.155. The first kappa shape index (κ1) is 11.1. The highest BCUT2D eigenvalue weighted by atomic mass is 19.1. The van der Waals surface area contributed by atoms with Gasteiger partial charge in [0.25, 0.3) is 5.91 Å². The first-order chi connectivity index (χ1) is 7.48. The number of benzene rings is 1. The van der Waals surface area contributed by atoms with E-state index in [2.05, 4.69) is 0 Å². The number of nitrogens with zero attached hydrogens (tertiary/aromatic N) is 1. The van der Waals surface area contributed by atoms with E-state index in [1.54, 1.807) is 11.8 Å². The van der Waals surface area contributed by atoms with Crippen molar-refractivity contribution in [3.05, 3.63) is 35.6 Å². The van der Waals surface area contributed by atoms with Crippen molar-refractivity contribution >= 4 is 5.91 Å². The molecule has 1 aromatic carbocycles. The molecule has 1 N–H and O–H groups in total. The third-order valence-electron chi connectivity index (χ3n) is 2.83. The zero-order valence-electron chi connectivity index (χ0n) is 9.11. The summed E-state index contributed by atoms with van der Waals surface area (Å²) in [6.07, 6.45) is 0.583. The minimum Gasteiger partial charge on any atom is -0.388 e. The summed E-state index contributed by atoms with van der Waals surface area (Å²) in [7, 11) is 0. The van der Waals surface area contributed by atoms with E-state index in [1.165, 1.54) is 24.3 Å². The largest absolute Gasteiger partial charge is 0.388 e. The molecule has 1 fully saturated rings. The van der Waals surface area contributed by atoms with Crippen molar-refractivity contribution in [3.8, 4) is 0 Å². The number of hydrogen-bond acceptors (Lipinski definition) is 2. The Morgan fingerprint density at radius 1 is 1.44 bits per heavy atom. The van der Waals surface area contributed by atoms with E-state index in [0.29, 0.717) is 25.1 Å². The fourth-order valence-corrected chi connectivity index (χ4v) is 1.89. The Morgan fingerprint density at radius 3 is 2.56 bits per heavy atom. The average molecular weight is 223 g/mol. The number of carbonyl (C=O) groups excluding carboxylic acids is 1. The molecular formula is C12H14FNO2. The van der Waals surface area contributed by atoms with Crippen LogP contribution in [0.4, 0.5) is 4.39 Å². The molecule has 1 heterocycles. The molecule has 4 heteroatoms. The van der Waals surface area contributed by atoms with Crippen molar-refractivity contribution in [1.82, 2.24) is 4.90 Å². The van der Waals surface area contributed by atoms with Gasteiger partial charge in [0.1, 0.15) is 5.82 Å². The molecule has 1 unspecified atom stereocenters. The number of halogens is 1. The third kappa shape index (κ3) is 2.22. The molecule has 0 aromatic heterocycles. The van der Waals surface area contributed by atoms with E-state index in [9.17, 15) is 14.3 Å². The summed E-state index contributed by atoms with van der Waals surface area (Å²) in [5, 5.41) is 9.75. The second-order valence-corrected chi connectivity index (χ2v) is 4.48. The molecule has 0 aliphatic carbocycles. The van der Waals surface area contributed by atoms with E-state index in [4.69, 9.17) is 0 Å². The van der Waals surface area contributed by atoms with Crippen molar-refractivity contribution in [2.45, 2.75) is 18.9 Å². The maximum atomic E-state index is 12.7. The molecule has 1 aromatic rings. The molecule has 1 aliphatic rings. The van der Waals surface area contributed by atoms with Gasteiger partial charge in [-0.3, -0.25) is 4.79 Å². The molecule has 0 spiro atoms. The molecule has 86 valence electrons. The van der Waals surface area contributed by atoms with Crippen LogP contribution in [0, 0.1) is 5.82 Å². The predicted octanol–water partition coefficient (Wildman–Crippen LogP) is 1.42. The fourth-order valence-electron chi connectivity index (χ4n) is 1.89. The molecule has 2 rings (SSSR count). The zero-order valence-corrected chi connectivity index (χ0v) is 9.11. The van der Waals surface area contributed by atoms with E-state index in [1.807, 2.05) is 0 Å². The highest BCUT2D eigenvalue weighted by Gasteiger charge is 2.34. The number of β-amino-alcohol motifs (C(OH)–C–C–N with tert-alkyl or cyclic N) is 1. The number of carbonyl (C=O) groups is 1. The predicted molar refractivity (Wildman–Crippen MR) is 57.5 cm³/mol. The summed E-state index contributed by atoms with van der Waals surface area (Å²) in [5.74, 6) is -0.511. The Labute approximate surface area is 93.5 Å². The number of rotatable bonds is 1. The fraction of sp³-hybridized carbons (Fsp3) is 0.417. The van der Waals surface area contributed by atoms with Gasteiger partial charge in [-0.25, -0.2) is 4.39 Å². The number of amides is 1. The number of aliphatic hydroxyl groups is 1. The Bertz CT molecular complexity index is 400. The lowest BCUT2D eigenvalue weighted by Gasteiger charge is -2.18. The van der Waals surface area contributed by atoms with Gasteiger partial charge in [-0.2, -0.15) is 0 Å². The van der Waals surface area contributed by atoms with E-state index in [-0.39, 0.29) is 11.7 Å². The Balaban J connectivity index is 2.12. The molecular weight excluding hydrogens is 209 g/mol. The second kappa shape index (κ2) is 3.87. The van der Waals surface area contributed by atoms with Crippen LogP contribution >= 0.6 is 0 Å². The first-order valence-electron chi connectivity index (χ1n) is 5.25.